The molecule has 17 heteroatoms. The number of piperazine rings is 1. The van der Waals surface area contributed by atoms with Crippen LogP contribution in [-0.2, 0) is 22.7 Å². The number of hydrogen-bond donors (Lipinski definition) is 3. The number of thiazole rings is 1. The van der Waals surface area contributed by atoms with Crippen LogP contribution in [0.1, 0.15) is 68.2 Å². The Labute approximate surface area is 332 Å². The molecule has 0 aliphatic carbocycles. The highest BCUT2D eigenvalue weighted by Gasteiger charge is 2.40. The molecule has 0 bridgehead atoms. The number of aromatic nitrogens is 3. The van der Waals surface area contributed by atoms with Crippen LogP contribution in [0.3, 0.4) is 0 Å². The maximum Gasteiger partial charge on any atom is 0.267 e. The molecule has 3 N–H and O–H groups in total. The minimum Gasteiger partial charge on any atom is -0.356 e. The first-order valence-electron chi connectivity index (χ1n) is 18.8. The van der Waals surface area contributed by atoms with Gasteiger partial charge in [0.2, 0.25) is 11.8 Å². The lowest BCUT2D eigenvalue weighted by molar-refractivity contribution is -0.136. The maximum atomic E-state index is 15.3. The van der Waals surface area contributed by atoms with Crippen molar-refractivity contribution in [3.8, 4) is 0 Å². The normalized spacial score (nSPS) is 19.6. The molecule has 2 aromatic carbocycles. The molecule has 4 amide bonds. The molecule has 292 valence electrons. The van der Waals surface area contributed by atoms with Gasteiger partial charge in [-0.1, -0.05) is 35.1 Å². The third kappa shape index (κ3) is 7.96. The van der Waals surface area contributed by atoms with E-state index in [2.05, 4.69) is 40.6 Å². The van der Waals surface area contributed by atoms with E-state index in [1.807, 2.05) is 32.0 Å². The minimum absolute atomic E-state index is 0.175. The molecule has 56 heavy (non-hydrogen) atoms. The predicted octanol–water partition coefficient (Wildman–Crippen LogP) is 4.89. The minimum atomic E-state index is -0.727. The number of hydrogen-bond acceptors (Lipinski definition) is 12. The van der Waals surface area contributed by atoms with Gasteiger partial charge in [-0.05, 0) is 62.4 Å². The first-order valence-corrected chi connectivity index (χ1v) is 20.0. The molecule has 1 unspecified atom stereocenters. The van der Waals surface area contributed by atoms with Gasteiger partial charge in [0, 0.05) is 82.0 Å². The molecule has 6 heterocycles. The van der Waals surface area contributed by atoms with Gasteiger partial charge in [-0.25, -0.2) is 19.3 Å². The monoisotopic (exact) mass is 800 g/mol. The fourth-order valence-electron chi connectivity index (χ4n) is 8.04. The summed E-state index contributed by atoms with van der Waals surface area (Å²) in [7, 11) is 0. The summed E-state index contributed by atoms with van der Waals surface area (Å²) in [5, 5.41) is 9.46. The van der Waals surface area contributed by atoms with Gasteiger partial charge in [0.1, 0.15) is 34.2 Å². The van der Waals surface area contributed by atoms with E-state index in [9.17, 15) is 19.2 Å². The molecule has 0 saturated carbocycles. The summed E-state index contributed by atoms with van der Waals surface area (Å²) < 4.78 is 15.3. The number of carbonyl (C=O) groups is 4. The van der Waals surface area contributed by atoms with Crippen LogP contribution in [0.4, 0.5) is 26.8 Å². The van der Waals surface area contributed by atoms with Gasteiger partial charge in [-0.3, -0.25) is 34.3 Å². The highest BCUT2D eigenvalue weighted by Crippen LogP contribution is 2.32. The van der Waals surface area contributed by atoms with E-state index in [0.717, 1.165) is 63.5 Å². The van der Waals surface area contributed by atoms with Gasteiger partial charge >= 0.3 is 0 Å². The molecular formula is C39H42ClFN10O4S. The fourth-order valence-corrected chi connectivity index (χ4v) is 9.03. The number of fused-ring (bicyclic) bond motifs is 1. The smallest absolute Gasteiger partial charge is 0.267 e. The van der Waals surface area contributed by atoms with E-state index in [1.54, 1.807) is 12.1 Å². The number of imide groups is 1. The largest absolute Gasteiger partial charge is 0.356 e. The number of nitrogens with one attached hydrogen (secondary N) is 3. The van der Waals surface area contributed by atoms with Gasteiger partial charge in [-0.15, -0.1) is 0 Å². The molecule has 1 atom stereocenters. The number of benzene rings is 2. The Bertz CT molecular complexity index is 2180. The molecule has 4 aliphatic rings. The van der Waals surface area contributed by atoms with Gasteiger partial charge < -0.3 is 20.4 Å². The van der Waals surface area contributed by atoms with Crippen molar-refractivity contribution < 1.29 is 23.6 Å². The highest BCUT2D eigenvalue weighted by atomic mass is 35.5. The number of para-hydroxylation sites is 1. The Morgan fingerprint density at radius 1 is 1.02 bits per heavy atom. The molecule has 3 fully saturated rings. The zero-order valence-electron chi connectivity index (χ0n) is 31.1. The van der Waals surface area contributed by atoms with Crippen LogP contribution in [0.25, 0.3) is 0 Å². The molecule has 3 saturated heterocycles. The van der Waals surface area contributed by atoms with Gasteiger partial charge in [0.15, 0.2) is 5.13 Å². The van der Waals surface area contributed by atoms with E-state index in [4.69, 9.17) is 16.6 Å². The summed E-state index contributed by atoms with van der Waals surface area (Å²) in [6, 6.07) is 10.2. The second-order valence-electron chi connectivity index (χ2n) is 14.7. The van der Waals surface area contributed by atoms with Gasteiger partial charge in [0.05, 0.1) is 16.9 Å². The number of halogens is 2. The summed E-state index contributed by atoms with van der Waals surface area (Å²) in [6.45, 7) is 9.48. The lowest BCUT2D eigenvalue weighted by Gasteiger charge is -2.43. The number of nitrogens with zero attached hydrogens (tertiary/aromatic N) is 7. The first kappa shape index (κ1) is 37.9. The van der Waals surface area contributed by atoms with Crippen LogP contribution >= 0.6 is 22.9 Å². The summed E-state index contributed by atoms with van der Waals surface area (Å²) in [4.78, 5) is 72.7. The van der Waals surface area contributed by atoms with Crippen molar-refractivity contribution in [1.29, 1.82) is 0 Å². The molecule has 2 aromatic heterocycles. The first-order chi connectivity index (χ1) is 27.0. The summed E-state index contributed by atoms with van der Waals surface area (Å²) >= 11 is 7.52. The number of amides is 4. The summed E-state index contributed by atoms with van der Waals surface area (Å²) in [6.07, 6.45) is 3.95. The van der Waals surface area contributed by atoms with E-state index in [0.29, 0.717) is 56.1 Å². The van der Waals surface area contributed by atoms with Crippen molar-refractivity contribution in [3.63, 3.8) is 0 Å². The van der Waals surface area contributed by atoms with E-state index >= 15 is 4.39 Å². The van der Waals surface area contributed by atoms with Gasteiger partial charge in [0.25, 0.3) is 11.8 Å². The van der Waals surface area contributed by atoms with E-state index in [-0.39, 0.29) is 42.7 Å². The van der Waals surface area contributed by atoms with Crippen molar-refractivity contribution in [1.82, 2.24) is 35.0 Å². The quantitative estimate of drug-likeness (QED) is 0.198. The standard InChI is InChI=1S/C39H42ClFN10O4S/c1-22-4-3-5-28(40)35(22)47-37(54)31-19-42-39(56-31)45-32-18-33(44-23(2)43-32)50-10-8-26(9-11-50)49-14-12-48(13-15-49)20-25-16-24-21-51(38(55)27(24)17-29(25)41)30-6-7-34(52)46-36(30)53/h3-5,16-19,26,30H,6-15,20-21H2,1-2H3,(H,47,54)(H,46,52,53)(H,42,43,44,45). The number of carbonyl (C=O) groups excluding carboxylic acids is 4. The van der Waals surface area contributed by atoms with Crippen LogP contribution in [0, 0.1) is 19.7 Å². The molecule has 0 radical (unpaired) electrons. The summed E-state index contributed by atoms with van der Waals surface area (Å²) in [5.74, 6) is 0.178. The van der Waals surface area contributed by atoms with Crippen molar-refractivity contribution in [3.05, 3.63) is 86.4 Å². The predicted molar refractivity (Wildman–Crippen MR) is 211 cm³/mol. The van der Waals surface area contributed by atoms with Crippen molar-refractivity contribution in [2.45, 2.75) is 64.7 Å². The Balaban J connectivity index is 0.820. The molecular weight excluding hydrogens is 759 g/mol. The van der Waals surface area contributed by atoms with E-state index < -0.39 is 17.8 Å². The SMILES string of the molecule is Cc1nc(Nc2ncc(C(=O)Nc3c(C)cccc3Cl)s2)cc(N2CCC(N3CCN(Cc4cc5c(cc4F)C(=O)N(C4CCC(=O)NC4=O)C5)CC3)CC2)n1. The molecule has 0 spiro atoms. The lowest BCUT2D eigenvalue weighted by atomic mass is 10.0. The van der Waals surface area contributed by atoms with Crippen LogP contribution in [0.15, 0.2) is 42.6 Å². The molecule has 14 nitrogen and oxygen atoms in total. The Morgan fingerprint density at radius 2 is 1.80 bits per heavy atom. The Morgan fingerprint density at radius 3 is 2.55 bits per heavy atom. The fraction of sp³-hybridized carbons (Fsp3) is 0.410. The third-order valence-corrected chi connectivity index (χ3v) is 12.3. The Kier molecular flexibility index (Phi) is 10.7. The van der Waals surface area contributed by atoms with Crippen LogP contribution in [0.2, 0.25) is 5.02 Å². The summed E-state index contributed by atoms with van der Waals surface area (Å²) in [5.41, 5.74) is 2.99. The number of rotatable bonds is 9. The molecule has 4 aromatic rings. The van der Waals surface area contributed by atoms with Gasteiger partial charge in [-0.2, -0.15) is 0 Å². The topological polar surface area (TPSA) is 156 Å². The second kappa shape index (κ2) is 15.8. The van der Waals surface area contributed by atoms with Crippen LogP contribution < -0.4 is 20.9 Å². The molecule has 4 aliphatic heterocycles. The maximum absolute atomic E-state index is 15.3. The highest BCUT2D eigenvalue weighted by molar-refractivity contribution is 7.17. The third-order valence-electron chi connectivity index (χ3n) is 11.0. The van der Waals surface area contributed by atoms with Crippen LogP contribution in [0.5, 0.6) is 0 Å². The van der Waals surface area contributed by atoms with Crippen molar-refractivity contribution >= 4 is 69.0 Å². The second-order valence-corrected chi connectivity index (χ2v) is 16.2. The lowest BCUT2D eigenvalue weighted by Crippen LogP contribution is -2.53. The number of anilines is 4. The Hall–Kier alpha value is -5.03. The number of piperidine rings is 2. The number of aryl methyl sites for hydroxylation is 2. The van der Waals surface area contributed by atoms with Crippen LogP contribution in [-0.4, -0.2) is 105 Å². The average Bonchev–Trinajstić information content (AvgIpc) is 3.77. The van der Waals surface area contributed by atoms with E-state index in [1.165, 1.54) is 28.5 Å². The zero-order chi connectivity index (χ0) is 39.1. The molecule has 8 rings (SSSR count). The van der Waals surface area contributed by atoms with Crippen molar-refractivity contribution in [2.75, 3.05) is 54.8 Å². The zero-order valence-corrected chi connectivity index (χ0v) is 32.7. The average molecular weight is 801 g/mol. The van der Waals surface area contributed by atoms with Crippen molar-refractivity contribution in [2.24, 2.45) is 0 Å².